The van der Waals surface area contributed by atoms with E-state index in [1.54, 1.807) is 0 Å². The fraction of sp³-hybridized carbons (Fsp3) is 0.600. The molecular formula is C15H22S. The van der Waals surface area contributed by atoms with Gasteiger partial charge in [0.05, 0.1) is 0 Å². The van der Waals surface area contributed by atoms with Crippen LogP contribution in [0.15, 0.2) is 22.6 Å². The Hall–Kier alpha value is -0.610. The highest BCUT2D eigenvalue weighted by molar-refractivity contribution is 8.03. The fourth-order valence-electron chi connectivity index (χ4n) is 1.45. The predicted octanol–water partition coefficient (Wildman–Crippen LogP) is 4.78. The molecule has 0 bridgehead atoms. The second kappa shape index (κ2) is 6.21. The predicted molar refractivity (Wildman–Crippen MR) is 75.4 cm³/mol. The molecule has 88 valence electrons. The van der Waals surface area contributed by atoms with Crippen molar-refractivity contribution < 1.29 is 0 Å². The Bertz CT molecular complexity index is 347. The molecule has 0 aliphatic heterocycles. The third-order valence-corrected chi connectivity index (χ3v) is 4.31. The summed E-state index contributed by atoms with van der Waals surface area (Å²) < 4.78 is 0. The van der Waals surface area contributed by atoms with E-state index in [1.807, 2.05) is 11.8 Å². The van der Waals surface area contributed by atoms with E-state index in [-0.39, 0.29) is 5.41 Å². The molecule has 0 aromatic rings. The average molecular weight is 234 g/mol. The Kier molecular flexibility index (Phi) is 5.22. The first-order valence-corrected chi connectivity index (χ1v) is 7.11. The van der Waals surface area contributed by atoms with Gasteiger partial charge >= 0.3 is 0 Å². The number of hydrogen-bond acceptors (Lipinski definition) is 1. The molecule has 0 fully saturated rings. The van der Waals surface area contributed by atoms with Crippen LogP contribution in [-0.2, 0) is 0 Å². The Labute approximate surface area is 105 Å². The van der Waals surface area contributed by atoms with Gasteiger partial charge in [-0.05, 0) is 46.6 Å². The van der Waals surface area contributed by atoms with Crippen LogP contribution < -0.4 is 0 Å². The Morgan fingerprint density at radius 3 is 2.75 bits per heavy atom. The summed E-state index contributed by atoms with van der Waals surface area (Å²) in [5.74, 6) is 7.59. The van der Waals surface area contributed by atoms with E-state index < -0.39 is 0 Å². The summed E-state index contributed by atoms with van der Waals surface area (Å²) in [6, 6.07) is 0. The maximum absolute atomic E-state index is 3.22. The van der Waals surface area contributed by atoms with E-state index >= 15 is 0 Å². The van der Waals surface area contributed by atoms with E-state index in [0.29, 0.717) is 0 Å². The van der Waals surface area contributed by atoms with Crippen LogP contribution in [0.4, 0.5) is 0 Å². The summed E-state index contributed by atoms with van der Waals surface area (Å²) in [6.07, 6.45) is 7.75. The zero-order valence-corrected chi connectivity index (χ0v) is 11.7. The number of hydrogen-bond donors (Lipinski definition) is 0. The van der Waals surface area contributed by atoms with Crippen molar-refractivity contribution in [2.24, 2.45) is 5.41 Å². The van der Waals surface area contributed by atoms with Crippen LogP contribution in [0.1, 0.15) is 47.0 Å². The molecule has 1 rings (SSSR count). The van der Waals surface area contributed by atoms with E-state index in [4.69, 9.17) is 0 Å². The average Bonchev–Trinajstić information content (AvgIpc) is 2.52. The molecule has 0 nitrogen and oxygen atoms in total. The molecule has 0 saturated heterocycles. The summed E-state index contributed by atoms with van der Waals surface area (Å²) in [5.41, 5.74) is 1.63. The third-order valence-electron chi connectivity index (χ3n) is 3.07. The largest absolute Gasteiger partial charge is 0.130 e. The number of rotatable bonds is 5. The summed E-state index contributed by atoms with van der Waals surface area (Å²) >= 11 is 1.96. The minimum absolute atomic E-state index is 0.247. The van der Waals surface area contributed by atoms with Crippen molar-refractivity contribution in [2.75, 3.05) is 5.75 Å². The molecule has 1 aliphatic carbocycles. The van der Waals surface area contributed by atoms with E-state index in [1.165, 1.54) is 22.7 Å². The van der Waals surface area contributed by atoms with Gasteiger partial charge < -0.3 is 0 Å². The van der Waals surface area contributed by atoms with Gasteiger partial charge in [0.25, 0.3) is 0 Å². The summed E-state index contributed by atoms with van der Waals surface area (Å²) in [5, 5.41) is 0. The molecule has 1 aliphatic rings. The lowest BCUT2D eigenvalue weighted by Crippen LogP contribution is -2.12. The minimum Gasteiger partial charge on any atom is -0.130 e. The fourth-order valence-corrected chi connectivity index (χ4v) is 2.30. The van der Waals surface area contributed by atoms with Crippen molar-refractivity contribution in [3.05, 3.63) is 22.6 Å². The monoisotopic (exact) mass is 234 g/mol. The maximum Gasteiger partial charge on any atom is 0.0403 e. The molecule has 1 heteroatoms. The van der Waals surface area contributed by atoms with Gasteiger partial charge in [-0.25, -0.2) is 0 Å². The Morgan fingerprint density at radius 2 is 2.12 bits per heavy atom. The molecule has 0 saturated carbocycles. The first kappa shape index (κ1) is 13.5. The molecule has 0 heterocycles. The third kappa shape index (κ3) is 3.76. The van der Waals surface area contributed by atoms with Gasteiger partial charge in [-0.3, -0.25) is 0 Å². The second-order valence-corrected chi connectivity index (χ2v) is 6.02. The van der Waals surface area contributed by atoms with Crippen LogP contribution in [0, 0.1) is 17.3 Å². The van der Waals surface area contributed by atoms with E-state index in [9.17, 15) is 0 Å². The molecule has 0 aromatic heterocycles. The SMILES string of the molecule is CCCSC1=CC(C(C)(C)CC)=CC#CC1. The van der Waals surface area contributed by atoms with Crippen molar-refractivity contribution in [3.63, 3.8) is 0 Å². The normalized spacial score (nSPS) is 15.8. The molecule has 0 spiro atoms. The Morgan fingerprint density at radius 1 is 1.38 bits per heavy atom. The van der Waals surface area contributed by atoms with E-state index in [2.05, 4.69) is 51.7 Å². The smallest absolute Gasteiger partial charge is 0.0403 e. The van der Waals surface area contributed by atoms with Crippen LogP contribution >= 0.6 is 11.8 Å². The molecule has 0 N–H and O–H groups in total. The van der Waals surface area contributed by atoms with Crippen LogP contribution in [0.5, 0.6) is 0 Å². The first-order chi connectivity index (χ1) is 7.60. The number of allylic oxidation sites excluding steroid dienone is 4. The molecule has 16 heavy (non-hydrogen) atoms. The van der Waals surface area contributed by atoms with Gasteiger partial charge in [0, 0.05) is 6.42 Å². The minimum atomic E-state index is 0.247. The lowest BCUT2D eigenvalue weighted by atomic mass is 9.81. The summed E-state index contributed by atoms with van der Waals surface area (Å²) in [6.45, 7) is 9.06. The number of thioether (sulfide) groups is 1. The van der Waals surface area contributed by atoms with Crippen LogP contribution in [0.25, 0.3) is 0 Å². The van der Waals surface area contributed by atoms with Crippen molar-refractivity contribution in [1.82, 2.24) is 0 Å². The maximum atomic E-state index is 3.22. The van der Waals surface area contributed by atoms with Crippen molar-refractivity contribution in [2.45, 2.75) is 47.0 Å². The lowest BCUT2D eigenvalue weighted by molar-refractivity contribution is 0.440. The molecule has 0 atom stereocenters. The van der Waals surface area contributed by atoms with Crippen molar-refractivity contribution in [3.8, 4) is 11.8 Å². The van der Waals surface area contributed by atoms with Gasteiger partial charge in [-0.1, -0.05) is 39.5 Å². The standard InChI is InChI=1S/C15H22S/c1-5-11-16-14-10-8-7-9-13(12-14)15(3,4)6-2/h9,12H,5-6,10-11H2,1-4H3. The van der Waals surface area contributed by atoms with Gasteiger partial charge in [-0.2, -0.15) is 0 Å². The molecule has 0 aromatic carbocycles. The molecule has 0 radical (unpaired) electrons. The highest BCUT2D eigenvalue weighted by atomic mass is 32.2. The second-order valence-electron chi connectivity index (χ2n) is 4.79. The van der Waals surface area contributed by atoms with Gasteiger partial charge in [0.15, 0.2) is 0 Å². The summed E-state index contributed by atoms with van der Waals surface area (Å²) in [4.78, 5) is 1.43. The van der Waals surface area contributed by atoms with Crippen LogP contribution in [-0.4, -0.2) is 5.75 Å². The van der Waals surface area contributed by atoms with Gasteiger partial charge in [0.2, 0.25) is 0 Å². The van der Waals surface area contributed by atoms with Crippen LogP contribution in [0.3, 0.4) is 0 Å². The van der Waals surface area contributed by atoms with Gasteiger partial charge in [-0.15, -0.1) is 11.8 Å². The van der Waals surface area contributed by atoms with Crippen LogP contribution in [0.2, 0.25) is 0 Å². The molecule has 0 unspecified atom stereocenters. The zero-order valence-electron chi connectivity index (χ0n) is 10.9. The van der Waals surface area contributed by atoms with Gasteiger partial charge in [0.1, 0.15) is 0 Å². The van der Waals surface area contributed by atoms with E-state index in [0.717, 1.165) is 12.8 Å². The highest BCUT2D eigenvalue weighted by Gasteiger charge is 2.20. The highest BCUT2D eigenvalue weighted by Crippen LogP contribution is 2.34. The molecule has 0 amide bonds. The summed E-state index contributed by atoms with van der Waals surface area (Å²) in [7, 11) is 0. The molecular weight excluding hydrogens is 212 g/mol. The Balaban J connectivity index is 2.85. The van der Waals surface area contributed by atoms with Crippen molar-refractivity contribution in [1.29, 1.82) is 0 Å². The first-order valence-electron chi connectivity index (χ1n) is 6.12. The zero-order chi connectivity index (χ0) is 12.0. The quantitative estimate of drug-likeness (QED) is 0.617. The lowest BCUT2D eigenvalue weighted by Gasteiger charge is -2.24. The topological polar surface area (TPSA) is 0 Å². The van der Waals surface area contributed by atoms with Crippen molar-refractivity contribution >= 4 is 11.8 Å².